The van der Waals surface area contributed by atoms with Crippen LogP contribution < -0.4 is 16.4 Å². The number of nitrogen functional groups attached to an aromatic ring is 2. The van der Waals surface area contributed by atoms with Gasteiger partial charge in [-0.1, -0.05) is 0 Å². The van der Waals surface area contributed by atoms with E-state index in [0.29, 0.717) is 11.4 Å². The molecule has 0 atom stereocenters. The zero-order chi connectivity index (χ0) is 9.97. The predicted octanol–water partition coefficient (Wildman–Crippen LogP) is 3.11. The van der Waals surface area contributed by atoms with Gasteiger partial charge in [0, 0.05) is 18.8 Å². The van der Waals surface area contributed by atoms with Crippen LogP contribution in [0.3, 0.4) is 0 Å². The largest absolute Gasteiger partial charge is 0.397 e. The molecule has 17 heavy (non-hydrogen) atoms. The smallest absolute Gasteiger partial charge is 0.0568 e. The molecule has 1 heterocycles. The second-order valence-corrected chi connectivity index (χ2v) is 3.86. The Labute approximate surface area is 121 Å². The maximum Gasteiger partial charge on any atom is 0.0568 e. The Morgan fingerprint density at radius 1 is 0.824 bits per heavy atom. The third-order valence-electron chi connectivity index (χ3n) is 2.79. The molecule has 0 radical (unpaired) electrons. The first-order chi connectivity index (χ1) is 6.77. The van der Waals surface area contributed by atoms with E-state index < -0.39 is 0 Å². The molecule has 0 aliphatic carbocycles. The van der Waals surface area contributed by atoms with Gasteiger partial charge in [-0.25, -0.2) is 0 Å². The summed E-state index contributed by atoms with van der Waals surface area (Å²) in [4.78, 5) is 2.37. The molecule has 0 aromatic heterocycles. The fraction of sp³-hybridized carbons (Fsp3) is 0.455. The van der Waals surface area contributed by atoms with E-state index in [1.807, 2.05) is 12.1 Å². The Hall–Kier alpha value is -0.510. The lowest BCUT2D eigenvalue weighted by Gasteiger charge is -2.29. The number of benzene rings is 1. The van der Waals surface area contributed by atoms with Crippen molar-refractivity contribution in [2.24, 2.45) is 0 Å². The van der Waals surface area contributed by atoms with Crippen LogP contribution in [0.5, 0.6) is 0 Å². The molecular formula is C11H20Cl3N3. The molecule has 1 fully saturated rings. The van der Waals surface area contributed by atoms with Gasteiger partial charge in [0.2, 0.25) is 0 Å². The summed E-state index contributed by atoms with van der Waals surface area (Å²) >= 11 is 0. The average Bonchev–Trinajstić information content (AvgIpc) is 2.23. The van der Waals surface area contributed by atoms with E-state index in [1.54, 1.807) is 0 Å². The molecule has 0 saturated carbocycles. The molecule has 0 spiro atoms. The van der Waals surface area contributed by atoms with Crippen molar-refractivity contribution in [1.29, 1.82) is 0 Å². The summed E-state index contributed by atoms with van der Waals surface area (Å²) < 4.78 is 0. The molecule has 0 bridgehead atoms. The lowest BCUT2D eigenvalue weighted by molar-refractivity contribution is 0.578. The quantitative estimate of drug-likeness (QED) is 0.784. The van der Waals surface area contributed by atoms with E-state index in [2.05, 4.69) is 11.0 Å². The molecular weight excluding hydrogens is 281 g/mol. The van der Waals surface area contributed by atoms with Crippen molar-refractivity contribution in [1.82, 2.24) is 0 Å². The fourth-order valence-electron chi connectivity index (χ4n) is 1.91. The molecule has 3 nitrogen and oxygen atoms in total. The minimum absolute atomic E-state index is 0. The summed E-state index contributed by atoms with van der Waals surface area (Å²) in [7, 11) is 0. The minimum atomic E-state index is 0. The van der Waals surface area contributed by atoms with Crippen LogP contribution in [0.15, 0.2) is 18.2 Å². The first-order valence-electron chi connectivity index (χ1n) is 5.17. The van der Waals surface area contributed by atoms with Crippen molar-refractivity contribution in [3.05, 3.63) is 18.2 Å². The average molecular weight is 301 g/mol. The maximum absolute atomic E-state index is 5.78. The molecule has 1 aromatic carbocycles. The highest BCUT2D eigenvalue weighted by Gasteiger charge is 2.11. The number of nitrogens with zero attached hydrogens (tertiary/aromatic N) is 1. The number of hydrogen-bond acceptors (Lipinski definition) is 3. The van der Waals surface area contributed by atoms with E-state index in [1.165, 1.54) is 24.9 Å². The van der Waals surface area contributed by atoms with Crippen LogP contribution in [0, 0.1) is 0 Å². The van der Waals surface area contributed by atoms with Gasteiger partial charge < -0.3 is 16.4 Å². The molecule has 1 saturated heterocycles. The van der Waals surface area contributed by atoms with Crippen molar-refractivity contribution >= 4 is 54.3 Å². The number of halogens is 3. The Kier molecular flexibility index (Phi) is 9.49. The highest BCUT2D eigenvalue weighted by Crippen LogP contribution is 2.25. The standard InChI is InChI=1S/C11H17N3.3ClH/c12-10-5-4-9(8-11(10)13)14-6-2-1-3-7-14;;;/h4-5,8H,1-3,6-7,12-13H2;3*1H. The third-order valence-corrected chi connectivity index (χ3v) is 2.79. The van der Waals surface area contributed by atoms with Gasteiger partial charge in [0.25, 0.3) is 0 Å². The molecule has 0 unspecified atom stereocenters. The molecule has 2 rings (SSSR count). The van der Waals surface area contributed by atoms with Gasteiger partial charge in [-0.2, -0.15) is 0 Å². The van der Waals surface area contributed by atoms with Crippen LogP contribution in [0.4, 0.5) is 17.1 Å². The Bertz CT molecular complexity index is 328. The molecule has 1 aliphatic heterocycles. The summed E-state index contributed by atoms with van der Waals surface area (Å²) in [6.45, 7) is 2.28. The monoisotopic (exact) mass is 299 g/mol. The molecule has 0 amide bonds. The second-order valence-electron chi connectivity index (χ2n) is 3.86. The summed E-state index contributed by atoms with van der Waals surface area (Å²) in [5.74, 6) is 0. The van der Waals surface area contributed by atoms with Crippen molar-refractivity contribution in [3.8, 4) is 0 Å². The van der Waals surface area contributed by atoms with E-state index in [4.69, 9.17) is 11.5 Å². The summed E-state index contributed by atoms with van der Waals surface area (Å²) in [6.07, 6.45) is 3.91. The summed E-state index contributed by atoms with van der Waals surface area (Å²) in [5.41, 5.74) is 14.0. The van der Waals surface area contributed by atoms with Gasteiger partial charge in [0.15, 0.2) is 0 Å². The summed E-state index contributed by atoms with van der Waals surface area (Å²) in [5, 5.41) is 0. The fourth-order valence-corrected chi connectivity index (χ4v) is 1.91. The van der Waals surface area contributed by atoms with Crippen molar-refractivity contribution in [3.63, 3.8) is 0 Å². The van der Waals surface area contributed by atoms with Crippen molar-refractivity contribution in [2.75, 3.05) is 29.5 Å². The Morgan fingerprint density at radius 2 is 1.41 bits per heavy atom. The van der Waals surface area contributed by atoms with Gasteiger partial charge in [-0.3, -0.25) is 0 Å². The van der Waals surface area contributed by atoms with Gasteiger partial charge >= 0.3 is 0 Å². The summed E-state index contributed by atoms with van der Waals surface area (Å²) in [6, 6.07) is 5.91. The first kappa shape index (κ1) is 18.8. The molecule has 6 heteroatoms. The maximum atomic E-state index is 5.78. The van der Waals surface area contributed by atoms with Crippen LogP contribution in [0.2, 0.25) is 0 Å². The van der Waals surface area contributed by atoms with Gasteiger partial charge in [-0.05, 0) is 37.5 Å². The number of rotatable bonds is 1. The van der Waals surface area contributed by atoms with Crippen LogP contribution in [-0.2, 0) is 0 Å². The molecule has 1 aliphatic rings. The number of nitrogens with two attached hydrogens (primary N) is 2. The van der Waals surface area contributed by atoms with Crippen LogP contribution >= 0.6 is 37.2 Å². The minimum Gasteiger partial charge on any atom is -0.397 e. The topological polar surface area (TPSA) is 55.3 Å². The number of piperidine rings is 1. The normalized spacial score (nSPS) is 14.0. The predicted molar refractivity (Wildman–Crippen MR) is 83.1 cm³/mol. The Morgan fingerprint density at radius 3 is 1.94 bits per heavy atom. The highest BCUT2D eigenvalue weighted by atomic mass is 35.5. The van der Waals surface area contributed by atoms with Crippen LogP contribution in [0.1, 0.15) is 19.3 Å². The second kappa shape index (κ2) is 8.56. The van der Waals surface area contributed by atoms with Gasteiger partial charge in [0.05, 0.1) is 11.4 Å². The Balaban J connectivity index is 0. The lowest BCUT2D eigenvalue weighted by Crippen LogP contribution is -2.29. The number of anilines is 3. The number of hydrogen-bond donors (Lipinski definition) is 2. The van der Waals surface area contributed by atoms with E-state index in [-0.39, 0.29) is 37.2 Å². The van der Waals surface area contributed by atoms with Gasteiger partial charge in [0.1, 0.15) is 0 Å². The first-order valence-corrected chi connectivity index (χ1v) is 5.17. The van der Waals surface area contributed by atoms with E-state index >= 15 is 0 Å². The van der Waals surface area contributed by atoms with Crippen molar-refractivity contribution < 1.29 is 0 Å². The third kappa shape index (κ3) is 4.70. The van der Waals surface area contributed by atoms with Crippen LogP contribution in [-0.4, -0.2) is 13.1 Å². The van der Waals surface area contributed by atoms with E-state index in [9.17, 15) is 0 Å². The van der Waals surface area contributed by atoms with Crippen molar-refractivity contribution in [2.45, 2.75) is 19.3 Å². The molecule has 100 valence electrons. The zero-order valence-corrected chi connectivity index (χ0v) is 12.0. The zero-order valence-electron chi connectivity index (χ0n) is 9.59. The van der Waals surface area contributed by atoms with Gasteiger partial charge in [-0.15, -0.1) is 37.2 Å². The lowest BCUT2D eigenvalue weighted by atomic mass is 10.1. The SMILES string of the molecule is Cl.Cl.Cl.Nc1ccc(N2CCCCC2)cc1N. The molecule has 4 N–H and O–H groups in total. The van der Waals surface area contributed by atoms with Crippen LogP contribution in [0.25, 0.3) is 0 Å². The highest BCUT2D eigenvalue weighted by molar-refractivity contribution is 5.86. The molecule has 1 aromatic rings. The van der Waals surface area contributed by atoms with E-state index in [0.717, 1.165) is 13.1 Å².